The minimum atomic E-state index is -0.402. The van der Waals surface area contributed by atoms with E-state index in [9.17, 15) is 9.59 Å². The summed E-state index contributed by atoms with van der Waals surface area (Å²) in [5, 5.41) is 9.93. The number of carbonyl (C=O) groups excluding carboxylic acids is 2. The average molecular weight is 431 g/mol. The summed E-state index contributed by atoms with van der Waals surface area (Å²) in [6, 6.07) is 6.60. The molecule has 0 radical (unpaired) electrons. The van der Waals surface area contributed by atoms with Crippen LogP contribution in [0.15, 0.2) is 28.8 Å². The number of hydrogen-bond donors (Lipinski definition) is 2. The van der Waals surface area contributed by atoms with Gasteiger partial charge in [-0.2, -0.15) is 0 Å². The maximum absolute atomic E-state index is 13.1. The van der Waals surface area contributed by atoms with Crippen LogP contribution in [-0.4, -0.2) is 67.9 Å². The molecule has 168 valence electrons. The zero-order valence-electron chi connectivity index (χ0n) is 18.6. The van der Waals surface area contributed by atoms with Gasteiger partial charge >= 0.3 is 0 Å². The van der Waals surface area contributed by atoms with Gasteiger partial charge in [0.25, 0.3) is 11.8 Å². The molecule has 1 aromatic heterocycles. The first-order valence-electron chi connectivity index (χ1n) is 10.3. The number of fused-ring (bicyclic) bond motifs is 1. The van der Waals surface area contributed by atoms with E-state index in [0.29, 0.717) is 35.9 Å². The van der Waals surface area contributed by atoms with Gasteiger partial charge in [0.1, 0.15) is 18.1 Å². The second kappa shape index (κ2) is 9.93. The van der Waals surface area contributed by atoms with E-state index in [0.717, 1.165) is 6.54 Å². The van der Waals surface area contributed by atoms with Crippen LogP contribution >= 0.6 is 0 Å². The number of rotatable bonds is 3. The first-order chi connectivity index (χ1) is 14.8. The van der Waals surface area contributed by atoms with Crippen molar-refractivity contribution in [3.63, 3.8) is 0 Å². The Morgan fingerprint density at radius 3 is 2.77 bits per heavy atom. The van der Waals surface area contributed by atoms with E-state index in [-0.39, 0.29) is 29.7 Å². The van der Waals surface area contributed by atoms with Gasteiger partial charge in [-0.15, -0.1) is 0 Å². The Labute approximate surface area is 182 Å². The number of amides is 2. The topological polar surface area (TPSA) is 106 Å². The van der Waals surface area contributed by atoms with Gasteiger partial charge in [-0.3, -0.25) is 9.59 Å². The Bertz CT molecular complexity index is 928. The van der Waals surface area contributed by atoms with Crippen LogP contribution in [0.3, 0.4) is 0 Å². The van der Waals surface area contributed by atoms with E-state index in [1.165, 1.54) is 0 Å². The Morgan fingerprint density at radius 1 is 1.32 bits per heavy atom. The third kappa shape index (κ3) is 5.62. The zero-order chi connectivity index (χ0) is 22.5. The number of aromatic nitrogens is 1. The summed E-state index contributed by atoms with van der Waals surface area (Å²) in [4.78, 5) is 27.2. The van der Waals surface area contributed by atoms with Crippen molar-refractivity contribution in [2.24, 2.45) is 5.92 Å². The quantitative estimate of drug-likeness (QED) is 0.770. The highest BCUT2D eigenvalue weighted by Gasteiger charge is 2.25. The minimum absolute atomic E-state index is 0.0661. The second-order valence-electron chi connectivity index (χ2n) is 8.05. The first kappa shape index (κ1) is 22.8. The number of likely N-dealkylation sites (N-methyl/N-ethyl adjacent to an activating group) is 1. The lowest BCUT2D eigenvalue weighted by molar-refractivity contribution is 0.0281. The van der Waals surface area contributed by atoms with Gasteiger partial charge in [0.15, 0.2) is 5.69 Å². The number of nitrogens with zero attached hydrogens (tertiary/aromatic N) is 2. The maximum atomic E-state index is 13.1. The van der Waals surface area contributed by atoms with Crippen molar-refractivity contribution in [1.29, 1.82) is 0 Å². The van der Waals surface area contributed by atoms with Gasteiger partial charge < -0.3 is 29.5 Å². The molecule has 0 spiro atoms. The van der Waals surface area contributed by atoms with Gasteiger partial charge in [0.2, 0.25) is 0 Å². The average Bonchev–Trinajstić information content (AvgIpc) is 3.19. The molecule has 9 nitrogen and oxygen atoms in total. The maximum Gasteiger partial charge on any atom is 0.277 e. The predicted molar refractivity (Wildman–Crippen MR) is 116 cm³/mol. The third-order valence-corrected chi connectivity index (χ3v) is 5.35. The molecule has 0 saturated heterocycles. The molecule has 31 heavy (non-hydrogen) atoms. The molecule has 0 fully saturated rings. The van der Waals surface area contributed by atoms with Crippen LogP contribution in [0.1, 0.15) is 40.5 Å². The zero-order valence-corrected chi connectivity index (χ0v) is 18.6. The standard InChI is InChI=1S/C22H30N4O5/c1-13-10-23-14(2)12-30-19-9-16(24-21(27)18-8-15(3)31-25-18)6-7-17(19)22(28)26(4)11-20(13)29-5/h6-9,13-14,20,23H,10-12H2,1-5H3,(H,24,27)/t13-,14+,20+/m0/s1. The van der Waals surface area contributed by atoms with Crippen LogP contribution in [0.4, 0.5) is 5.69 Å². The lowest BCUT2D eigenvalue weighted by Crippen LogP contribution is -2.44. The Balaban J connectivity index is 1.86. The fourth-order valence-electron chi connectivity index (χ4n) is 3.40. The van der Waals surface area contributed by atoms with E-state index >= 15 is 0 Å². The summed E-state index contributed by atoms with van der Waals surface area (Å²) < 4.78 is 16.6. The van der Waals surface area contributed by atoms with E-state index in [1.807, 2.05) is 6.92 Å². The minimum Gasteiger partial charge on any atom is -0.491 e. The molecule has 2 amide bonds. The van der Waals surface area contributed by atoms with E-state index in [4.69, 9.17) is 14.0 Å². The molecule has 0 saturated carbocycles. The SMILES string of the molecule is CO[C@@H]1CN(C)C(=O)c2ccc(NC(=O)c3cc(C)on3)cc2OC[C@@H](C)NC[C@@H]1C. The van der Waals surface area contributed by atoms with Crippen LogP contribution in [0.2, 0.25) is 0 Å². The van der Waals surface area contributed by atoms with Crippen molar-refractivity contribution in [3.8, 4) is 5.75 Å². The van der Waals surface area contributed by atoms with Gasteiger partial charge in [-0.25, -0.2) is 0 Å². The van der Waals surface area contributed by atoms with Crippen LogP contribution < -0.4 is 15.4 Å². The molecule has 9 heteroatoms. The normalized spacial score (nSPS) is 22.7. The summed E-state index contributed by atoms with van der Waals surface area (Å²) in [7, 11) is 3.41. The lowest BCUT2D eigenvalue weighted by atomic mass is 10.0. The molecule has 0 aliphatic carbocycles. The number of hydrogen-bond acceptors (Lipinski definition) is 7. The highest BCUT2D eigenvalue weighted by molar-refractivity contribution is 6.03. The number of carbonyl (C=O) groups is 2. The summed E-state index contributed by atoms with van der Waals surface area (Å²) in [6.45, 7) is 7.39. The lowest BCUT2D eigenvalue weighted by Gasteiger charge is -2.30. The van der Waals surface area contributed by atoms with Crippen molar-refractivity contribution < 1.29 is 23.6 Å². The highest BCUT2D eigenvalue weighted by atomic mass is 16.5. The second-order valence-corrected chi connectivity index (χ2v) is 8.05. The summed E-state index contributed by atoms with van der Waals surface area (Å²) in [5.74, 6) is 0.599. The highest BCUT2D eigenvalue weighted by Crippen LogP contribution is 2.26. The van der Waals surface area contributed by atoms with Crippen molar-refractivity contribution in [2.75, 3.05) is 39.2 Å². The molecule has 1 aliphatic rings. The molecule has 2 heterocycles. The summed E-state index contributed by atoms with van der Waals surface area (Å²) in [6.07, 6.45) is -0.0954. The fourth-order valence-corrected chi connectivity index (χ4v) is 3.40. The molecule has 1 aromatic carbocycles. The van der Waals surface area contributed by atoms with E-state index < -0.39 is 5.91 Å². The number of benzene rings is 1. The Kier molecular flexibility index (Phi) is 7.29. The van der Waals surface area contributed by atoms with Gasteiger partial charge in [-0.05, 0) is 31.9 Å². The smallest absolute Gasteiger partial charge is 0.277 e. The fraction of sp³-hybridized carbons (Fsp3) is 0.500. The molecule has 2 aromatic rings. The number of nitrogens with one attached hydrogen (secondary N) is 2. The molecule has 0 bridgehead atoms. The van der Waals surface area contributed by atoms with Crippen LogP contribution in [-0.2, 0) is 4.74 Å². The van der Waals surface area contributed by atoms with E-state index in [1.54, 1.807) is 50.2 Å². The number of ether oxygens (including phenoxy) is 2. The molecular weight excluding hydrogens is 400 g/mol. The Morgan fingerprint density at radius 2 is 2.10 bits per heavy atom. The largest absolute Gasteiger partial charge is 0.491 e. The monoisotopic (exact) mass is 430 g/mol. The predicted octanol–water partition coefficient (Wildman–Crippen LogP) is 2.33. The molecule has 0 unspecified atom stereocenters. The summed E-state index contributed by atoms with van der Waals surface area (Å²) in [5.41, 5.74) is 1.10. The molecule has 3 rings (SSSR count). The van der Waals surface area contributed by atoms with Crippen LogP contribution in [0.25, 0.3) is 0 Å². The molecule has 2 N–H and O–H groups in total. The summed E-state index contributed by atoms with van der Waals surface area (Å²) >= 11 is 0. The van der Waals surface area contributed by atoms with Gasteiger partial charge in [-0.1, -0.05) is 12.1 Å². The molecular formula is C22H30N4O5. The van der Waals surface area contributed by atoms with Crippen molar-refractivity contribution in [2.45, 2.75) is 32.9 Å². The number of anilines is 1. The van der Waals surface area contributed by atoms with E-state index in [2.05, 4.69) is 22.7 Å². The van der Waals surface area contributed by atoms with Crippen molar-refractivity contribution in [1.82, 2.24) is 15.4 Å². The van der Waals surface area contributed by atoms with Crippen molar-refractivity contribution >= 4 is 17.5 Å². The molecule has 3 atom stereocenters. The number of aryl methyl sites for hydroxylation is 1. The first-order valence-corrected chi connectivity index (χ1v) is 10.3. The Hall–Kier alpha value is -2.91. The third-order valence-electron chi connectivity index (χ3n) is 5.35. The van der Waals surface area contributed by atoms with Crippen LogP contribution in [0, 0.1) is 12.8 Å². The molecule has 1 aliphatic heterocycles. The number of methoxy groups -OCH3 is 1. The van der Waals surface area contributed by atoms with Crippen LogP contribution in [0.5, 0.6) is 5.75 Å². The van der Waals surface area contributed by atoms with Gasteiger partial charge in [0, 0.05) is 51.1 Å². The van der Waals surface area contributed by atoms with Crippen molar-refractivity contribution in [3.05, 3.63) is 41.3 Å². The van der Waals surface area contributed by atoms with Gasteiger partial charge in [0.05, 0.1) is 11.7 Å².